The molecule has 2 N–H and O–H groups in total. The van der Waals surface area contributed by atoms with E-state index in [9.17, 15) is 18.6 Å². The van der Waals surface area contributed by atoms with Crippen LogP contribution in [0.25, 0.3) is 0 Å². The van der Waals surface area contributed by atoms with E-state index in [1.165, 1.54) is 12.1 Å². The third kappa shape index (κ3) is 1.87. The van der Waals surface area contributed by atoms with Gasteiger partial charge >= 0.3 is 0 Å². The highest BCUT2D eigenvalue weighted by Gasteiger charge is 2.22. The molecule has 17 heavy (non-hydrogen) atoms. The lowest BCUT2D eigenvalue weighted by atomic mass is 10.2. The molecule has 0 atom stereocenters. The number of rotatable bonds is 2. The number of nitrogens with zero attached hydrogens (tertiary/aromatic N) is 1. The number of benzene rings is 1. The first-order valence-electron chi connectivity index (χ1n) is 4.85. The van der Waals surface area contributed by atoms with E-state index >= 15 is 0 Å². The summed E-state index contributed by atoms with van der Waals surface area (Å²) in [6, 6.07) is 8.35. The summed E-state index contributed by atoms with van der Waals surface area (Å²) in [7, 11) is -3.96. The summed E-state index contributed by atoms with van der Waals surface area (Å²) >= 11 is 0. The van der Waals surface area contributed by atoms with Gasteiger partial charge in [-0.3, -0.25) is 0 Å². The van der Waals surface area contributed by atoms with Crippen molar-refractivity contribution in [2.45, 2.75) is 11.8 Å². The second-order valence-corrected chi connectivity index (χ2v) is 5.42. The molecule has 0 saturated carbocycles. The average molecular weight is 253 g/mol. The standard InChI is InChI=1S/C11H11NO4S/c1-8-2-4-9(5-3-8)17(15,16)12-10(13)6-7-11(12)14/h2-7,13-14H,1H3. The third-order valence-electron chi connectivity index (χ3n) is 2.36. The van der Waals surface area contributed by atoms with Crippen LogP contribution in [0.3, 0.4) is 0 Å². The van der Waals surface area contributed by atoms with Crippen molar-refractivity contribution in [2.75, 3.05) is 0 Å². The largest absolute Gasteiger partial charge is 0.494 e. The Bertz CT molecular complexity index is 621. The van der Waals surface area contributed by atoms with Crippen molar-refractivity contribution in [1.82, 2.24) is 3.97 Å². The normalized spacial score (nSPS) is 11.6. The molecule has 0 spiro atoms. The summed E-state index contributed by atoms with van der Waals surface area (Å²) in [5, 5.41) is 18.8. The van der Waals surface area contributed by atoms with E-state index in [2.05, 4.69) is 0 Å². The molecule has 0 fully saturated rings. The Kier molecular flexibility index (Phi) is 2.59. The van der Waals surface area contributed by atoms with Crippen LogP contribution in [0.4, 0.5) is 0 Å². The summed E-state index contributed by atoms with van der Waals surface area (Å²) in [4.78, 5) is 0.00454. The fourth-order valence-electron chi connectivity index (χ4n) is 1.46. The quantitative estimate of drug-likeness (QED) is 0.848. The van der Waals surface area contributed by atoms with Crippen LogP contribution in [0.5, 0.6) is 11.8 Å². The van der Waals surface area contributed by atoms with Gasteiger partial charge in [0, 0.05) is 12.1 Å². The van der Waals surface area contributed by atoms with E-state index in [4.69, 9.17) is 0 Å². The minimum atomic E-state index is -3.96. The maximum Gasteiger partial charge on any atom is 0.273 e. The minimum Gasteiger partial charge on any atom is -0.494 e. The first-order chi connectivity index (χ1) is 7.93. The topological polar surface area (TPSA) is 79.5 Å². The summed E-state index contributed by atoms with van der Waals surface area (Å²) in [5.41, 5.74) is 0.921. The number of hydrogen-bond acceptors (Lipinski definition) is 4. The molecule has 0 radical (unpaired) electrons. The van der Waals surface area contributed by atoms with Crippen LogP contribution in [-0.2, 0) is 10.0 Å². The number of aromatic hydroxyl groups is 2. The highest BCUT2D eigenvalue weighted by atomic mass is 32.2. The van der Waals surface area contributed by atoms with Crippen LogP contribution in [-0.4, -0.2) is 22.6 Å². The molecule has 0 amide bonds. The predicted molar refractivity (Wildman–Crippen MR) is 61.5 cm³/mol. The minimum absolute atomic E-state index is 0.00454. The van der Waals surface area contributed by atoms with Gasteiger partial charge < -0.3 is 10.2 Å². The first-order valence-corrected chi connectivity index (χ1v) is 6.29. The summed E-state index contributed by atoms with van der Waals surface area (Å²) < 4.78 is 24.7. The Balaban J connectivity index is 2.62. The molecule has 90 valence electrons. The van der Waals surface area contributed by atoms with E-state index in [0.29, 0.717) is 3.97 Å². The Morgan fingerprint density at radius 1 is 0.941 bits per heavy atom. The van der Waals surface area contributed by atoms with E-state index in [-0.39, 0.29) is 4.90 Å². The van der Waals surface area contributed by atoms with Crippen LogP contribution < -0.4 is 0 Å². The van der Waals surface area contributed by atoms with Crippen molar-refractivity contribution >= 4 is 10.0 Å². The highest BCUT2D eigenvalue weighted by molar-refractivity contribution is 7.90. The third-order valence-corrected chi connectivity index (χ3v) is 4.08. The molecule has 6 heteroatoms. The van der Waals surface area contributed by atoms with Crippen molar-refractivity contribution in [2.24, 2.45) is 0 Å². The van der Waals surface area contributed by atoms with Crippen molar-refractivity contribution in [3.8, 4) is 11.8 Å². The van der Waals surface area contributed by atoms with Gasteiger partial charge in [0.1, 0.15) is 0 Å². The molecule has 1 aromatic carbocycles. The molecular weight excluding hydrogens is 242 g/mol. The second-order valence-electron chi connectivity index (χ2n) is 3.63. The molecule has 0 aliphatic carbocycles. The van der Waals surface area contributed by atoms with Gasteiger partial charge in [-0.15, -0.1) is 0 Å². The zero-order valence-electron chi connectivity index (χ0n) is 9.03. The van der Waals surface area contributed by atoms with Crippen LogP contribution in [0.15, 0.2) is 41.3 Å². The SMILES string of the molecule is Cc1ccc(S(=O)(=O)n2c(O)ccc2O)cc1. The van der Waals surface area contributed by atoms with Crippen LogP contribution >= 0.6 is 0 Å². The van der Waals surface area contributed by atoms with Gasteiger partial charge in [0.2, 0.25) is 11.8 Å². The maximum absolute atomic E-state index is 12.1. The van der Waals surface area contributed by atoms with Gasteiger partial charge in [-0.2, -0.15) is 3.97 Å². The summed E-state index contributed by atoms with van der Waals surface area (Å²) in [6.45, 7) is 1.83. The molecule has 0 bridgehead atoms. The molecule has 1 aromatic heterocycles. The molecule has 0 unspecified atom stereocenters. The summed E-state index contributed by atoms with van der Waals surface area (Å²) in [6.07, 6.45) is 0. The molecule has 0 aliphatic heterocycles. The fourth-order valence-corrected chi connectivity index (χ4v) is 2.77. The predicted octanol–water partition coefficient (Wildman–Crippen LogP) is 1.44. The zero-order valence-corrected chi connectivity index (χ0v) is 9.85. The average Bonchev–Trinajstić information content (AvgIpc) is 2.59. The summed E-state index contributed by atoms with van der Waals surface area (Å²) in [5.74, 6) is -1.05. The lowest BCUT2D eigenvalue weighted by molar-refractivity contribution is 0.408. The van der Waals surface area contributed by atoms with Crippen molar-refractivity contribution < 1.29 is 18.6 Å². The van der Waals surface area contributed by atoms with Gasteiger partial charge in [-0.1, -0.05) is 17.7 Å². The molecule has 0 saturated heterocycles. The molecule has 0 aliphatic rings. The van der Waals surface area contributed by atoms with Crippen molar-refractivity contribution in [3.05, 3.63) is 42.0 Å². The van der Waals surface area contributed by atoms with Crippen LogP contribution in [0, 0.1) is 6.92 Å². The first kappa shape index (κ1) is 11.5. The van der Waals surface area contributed by atoms with Gasteiger partial charge in [-0.05, 0) is 19.1 Å². The van der Waals surface area contributed by atoms with E-state index in [0.717, 1.165) is 17.7 Å². The molecule has 5 nitrogen and oxygen atoms in total. The second kappa shape index (κ2) is 3.81. The van der Waals surface area contributed by atoms with Crippen molar-refractivity contribution in [1.29, 1.82) is 0 Å². The zero-order chi connectivity index (χ0) is 12.6. The van der Waals surface area contributed by atoms with Gasteiger partial charge in [-0.25, -0.2) is 8.42 Å². The number of hydrogen-bond donors (Lipinski definition) is 2. The van der Waals surface area contributed by atoms with Crippen LogP contribution in [0.2, 0.25) is 0 Å². The Labute approximate surface area is 98.6 Å². The van der Waals surface area contributed by atoms with Crippen molar-refractivity contribution in [3.63, 3.8) is 0 Å². The Hall–Kier alpha value is -1.95. The number of aryl methyl sites for hydroxylation is 1. The monoisotopic (exact) mass is 253 g/mol. The lowest BCUT2D eigenvalue weighted by Crippen LogP contribution is -2.11. The number of aromatic nitrogens is 1. The van der Waals surface area contributed by atoms with E-state index < -0.39 is 21.8 Å². The lowest BCUT2D eigenvalue weighted by Gasteiger charge is -2.08. The maximum atomic E-state index is 12.1. The van der Waals surface area contributed by atoms with Gasteiger partial charge in [0.05, 0.1) is 4.90 Å². The molecular formula is C11H11NO4S. The van der Waals surface area contributed by atoms with Gasteiger partial charge in [0.25, 0.3) is 10.0 Å². The van der Waals surface area contributed by atoms with E-state index in [1.54, 1.807) is 12.1 Å². The Morgan fingerprint density at radius 2 is 1.41 bits per heavy atom. The van der Waals surface area contributed by atoms with Gasteiger partial charge in [0.15, 0.2) is 0 Å². The van der Waals surface area contributed by atoms with E-state index in [1.807, 2.05) is 6.92 Å². The smallest absolute Gasteiger partial charge is 0.273 e. The molecule has 2 aromatic rings. The molecule has 2 rings (SSSR count). The fraction of sp³-hybridized carbons (Fsp3) is 0.0909. The van der Waals surface area contributed by atoms with Crippen LogP contribution in [0.1, 0.15) is 5.56 Å². The Morgan fingerprint density at radius 3 is 1.88 bits per heavy atom. The molecule has 1 heterocycles. The highest BCUT2D eigenvalue weighted by Crippen LogP contribution is 2.27.